The van der Waals surface area contributed by atoms with Gasteiger partial charge in [0.15, 0.2) is 0 Å². The molecule has 0 aliphatic carbocycles. The van der Waals surface area contributed by atoms with Crippen molar-refractivity contribution in [2.75, 3.05) is 41.7 Å². The van der Waals surface area contributed by atoms with Crippen LogP contribution in [-0.2, 0) is 0 Å². The second-order valence-corrected chi connectivity index (χ2v) is 5.72. The fourth-order valence-electron chi connectivity index (χ4n) is 2.58. The number of β-amino-alcohol motifs (C(OH)–C–C–N with tert-alkyl or cyclic N) is 1. The Morgan fingerprint density at radius 1 is 1.38 bits per heavy atom. The number of aryl methyl sites for hydroxylation is 1. The first-order valence-corrected chi connectivity index (χ1v) is 7.92. The number of aromatic nitrogens is 4. The molecule has 1 atom stereocenters. The third-order valence-electron chi connectivity index (χ3n) is 3.70. The molecule has 3 heterocycles. The van der Waals surface area contributed by atoms with Crippen molar-refractivity contribution in [3.63, 3.8) is 0 Å². The van der Waals surface area contributed by atoms with Crippen LogP contribution in [0.3, 0.4) is 0 Å². The Bertz CT molecular complexity index is 749. The molecule has 1 saturated heterocycles. The van der Waals surface area contributed by atoms with E-state index in [1.807, 2.05) is 11.0 Å². The number of anilines is 3. The Morgan fingerprint density at radius 2 is 2.21 bits per heavy atom. The average molecular weight is 331 g/mol. The van der Waals surface area contributed by atoms with Crippen molar-refractivity contribution in [1.29, 1.82) is 0 Å². The van der Waals surface area contributed by atoms with E-state index in [9.17, 15) is 9.90 Å². The Kier molecular flexibility index (Phi) is 4.90. The van der Waals surface area contributed by atoms with Crippen LogP contribution in [0.15, 0.2) is 23.1 Å². The molecule has 3 rings (SSSR count). The highest BCUT2D eigenvalue weighted by Crippen LogP contribution is 2.18. The van der Waals surface area contributed by atoms with Crippen LogP contribution in [0.5, 0.6) is 0 Å². The molecule has 9 heteroatoms. The summed E-state index contributed by atoms with van der Waals surface area (Å²) in [5, 5.41) is 15.8. The van der Waals surface area contributed by atoms with Crippen LogP contribution in [0.25, 0.3) is 0 Å². The number of hydrogen-bond donors (Lipinski definition) is 4. The lowest BCUT2D eigenvalue weighted by molar-refractivity contribution is 0.198. The number of nitrogens with one attached hydrogen (secondary N) is 3. The molecule has 0 bridgehead atoms. The van der Waals surface area contributed by atoms with Gasteiger partial charge >= 0.3 is 0 Å². The largest absolute Gasteiger partial charge is 0.391 e. The summed E-state index contributed by atoms with van der Waals surface area (Å²) in [6.45, 7) is 4.30. The van der Waals surface area contributed by atoms with E-state index in [1.54, 1.807) is 13.1 Å². The standard InChI is InChI=1S/C15H21N7O2/c1-10-8-13(24)21-15(19-10)18-6-5-17-14-16-4-2-12(20-14)22-7-3-11(23)9-22/h2,4,8,11,23H,3,5-7,9H2,1H3,(H,16,17,20)(H2,18,19,21,24). The number of aromatic amines is 1. The first kappa shape index (κ1) is 16.2. The van der Waals surface area contributed by atoms with Crippen molar-refractivity contribution in [3.05, 3.63) is 34.4 Å². The lowest BCUT2D eigenvalue weighted by atomic mass is 10.3. The zero-order chi connectivity index (χ0) is 16.9. The average Bonchev–Trinajstić information content (AvgIpc) is 2.98. The molecule has 0 saturated carbocycles. The minimum atomic E-state index is -0.287. The van der Waals surface area contributed by atoms with E-state index in [-0.39, 0.29) is 11.7 Å². The minimum Gasteiger partial charge on any atom is -0.391 e. The maximum atomic E-state index is 11.4. The maximum absolute atomic E-state index is 11.4. The van der Waals surface area contributed by atoms with Crippen LogP contribution >= 0.6 is 0 Å². The summed E-state index contributed by atoms with van der Waals surface area (Å²) in [5.41, 5.74) is 0.486. The van der Waals surface area contributed by atoms with Gasteiger partial charge in [-0.2, -0.15) is 4.98 Å². The zero-order valence-corrected chi connectivity index (χ0v) is 13.5. The molecule has 0 aromatic carbocycles. The molecular formula is C15H21N7O2. The summed E-state index contributed by atoms with van der Waals surface area (Å²) >= 11 is 0. The van der Waals surface area contributed by atoms with Gasteiger partial charge in [0, 0.05) is 44.1 Å². The van der Waals surface area contributed by atoms with Crippen molar-refractivity contribution in [1.82, 2.24) is 19.9 Å². The summed E-state index contributed by atoms with van der Waals surface area (Å²) in [5.74, 6) is 1.78. The lowest BCUT2D eigenvalue weighted by Gasteiger charge is -2.17. The minimum absolute atomic E-state index is 0.179. The van der Waals surface area contributed by atoms with Crippen LogP contribution in [0.1, 0.15) is 12.1 Å². The Hall–Kier alpha value is -2.68. The van der Waals surface area contributed by atoms with Crippen molar-refractivity contribution in [2.24, 2.45) is 0 Å². The van der Waals surface area contributed by atoms with Gasteiger partial charge in [-0.05, 0) is 19.4 Å². The molecule has 2 aromatic rings. The van der Waals surface area contributed by atoms with E-state index in [0.29, 0.717) is 37.2 Å². The van der Waals surface area contributed by atoms with Crippen LogP contribution in [0, 0.1) is 6.92 Å². The monoisotopic (exact) mass is 331 g/mol. The predicted molar refractivity (Wildman–Crippen MR) is 91.4 cm³/mol. The highest BCUT2D eigenvalue weighted by Gasteiger charge is 2.21. The summed E-state index contributed by atoms with van der Waals surface area (Å²) in [6, 6.07) is 3.28. The number of H-pyrrole nitrogens is 1. The predicted octanol–water partition coefficient (Wildman–Crippen LogP) is -0.0367. The fourth-order valence-corrected chi connectivity index (χ4v) is 2.58. The summed E-state index contributed by atoms with van der Waals surface area (Å²) in [4.78, 5) is 28.9. The van der Waals surface area contributed by atoms with Gasteiger partial charge < -0.3 is 20.6 Å². The Balaban J connectivity index is 1.50. The SMILES string of the molecule is Cc1cc(=O)[nH]c(NCCNc2nccc(N3CCC(O)C3)n2)n1. The lowest BCUT2D eigenvalue weighted by Crippen LogP contribution is -2.23. The third-order valence-corrected chi connectivity index (χ3v) is 3.70. The van der Waals surface area contributed by atoms with E-state index in [2.05, 4.69) is 30.6 Å². The number of hydrogen-bond acceptors (Lipinski definition) is 8. The molecule has 0 radical (unpaired) electrons. The topological polar surface area (TPSA) is 119 Å². The highest BCUT2D eigenvalue weighted by molar-refractivity contribution is 5.43. The third kappa shape index (κ3) is 4.19. The second kappa shape index (κ2) is 7.26. The van der Waals surface area contributed by atoms with Crippen molar-refractivity contribution >= 4 is 17.7 Å². The summed E-state index contributed by atoms with van der Waals surface area (Å²) in [6.07, 6.45) is 2.17. The molecule has 1 aliphatic rings. The van der Waals surface area contributed by atoms with Gasteiger partial charge in [0.1, 0.15) is 5.82 Å². The van der Waals surface area contributed by atoms with Gasteiger partial charge in [-0.15, -0.1) is 0 Å². The first-order valence-electron chi connectivity index (χ1n) is 7.92. The molecule has 128 valence electrons. The van der Waals surface area contributed by atoms with Gasteiger partial charge in [0.2, 0.25) is 11.9 Å². The van der Waals surface area contributed by atoms with E-state index in [4.69, 9.17) is 0 Å². The van der Waals surface area contributed by atoms with Crippen LogP contribution in [0.4, 0.5) is 17.7 Å². The van der Waals surface area contributed by atoms with Crippen molar-refractivity contribution in [3.8, 4) is 0 Å². The molecular weight excluding hydrogens is 310 g/mol. The molecule has 0 amide bonds. The fraction of sp³-hybridized carbons (Fsp3) is 0.467. The smallest absolute Gasteiger partial charge is 0.252 e. The molecule has 1 aliphatic heterocycles. The molecule has 1 fully saturated rings. The van der Waals surface area contributed by atoms with Crippen LogP contribution < -0.4 is 21.1 Å². The molecule has 0 spiro atoms. The molecule has 24 heavy (non-hydrogen) atoms. The zero-order valence-electron chi connectivity index (χ0n) is 13.5. The molecule has 1 unspecified atom stereocenters. The van der Waals surface area contributed by atoms with Gasteiger partial charge in [0.05, 0.1) is 6.10 Å². The van der Waals surface area contributed by atoms with E-state index in [1.165, 1.54) is 6.07 Å². The van der Waals surface area contributed by atoms with Gasteiger partial charge in [-0.3, -0.25) is 9.78 Å². The molecule has 4 N–H and O–H groups in total. The number of nitrogens with zero attached hydrogens (tertiary/aromatic N) is 4. The summed E-state index contributed by atoms with van der Waals surface area (Å²) in [7, 11) is 0. The van der Waals surface area contributed by atoms with E-state index >= 15 is 0 Å². The number of aliphatic hydroxyl groups is 1. The second-order valence-electron chi connectivity index (χ2n) is 5.72. The normalized spacial score (nSPS) is 17.1. The van der Waals surface area contributed by atoms with E-state index < -0.39 is 0 Å². The first-order chi connectivity index (χ1) is 11.6. The number of aliphatic hydroxyl groups excluding tert-OH is 1. The van der Waals surface area contributed by atoms with E-state index in [0.717, 1.165) is 18.8 Å². The van der Waals surface area contributed by atoms with Gasteiger partial charge in [-0.1, -0.05) is 0 Å². The van der Waals surface area contributed by atoms with Crippen LogP contribution in [-0.4, -0.2) is 57.3 Å². The van der Waals surface area contributed by atoms with Crippen LogP contribution in [0.2, 0.25) is 0 Å². The van der Waals surface area contributed by atoms with Gasteiger partial charge in [0.25, 0.3) is 5.56 Å². The van der Waals surface area contributed by atoms with Gasteiger partial charge in [-0.25, -0.2) is 9.97 Å². The van der Waals surface area contributed by atoms with Crippen molar-refractivity contribution in [2.45, 2.75) is 19.4 Å². The molecule has 2 aromatic heterocycles. The molecule has 9 nitrogen and oxygen atoms in total. The quantitative estimate of drug-likeness (QED) is 0.545. The highest BCUT2D eigenvalue weighted by atomic mass is 16.3. The number of rotatable bonds is 6. The Morgan fingerprint density at radius 3 is 2.96 bits per heavy atom. The maximum Gasteiger partial charge on any atom is 0.252 e. The summed E-state index contributed by atoms with van der Waals surface area (Å²) < 4.78 is 0. The van der Waals surface area contributed by atoms with Crippen molar-refractivity contribution < 1.29 is 5.11 Å². The Labute approximate surface area is 139 Å².